The van der Waals surface area contributed by atoms with Gasteiger partial charge in [-0.2, -0.15) is 0 Å². The van der Waals surface area contributed by atoms with Gasteiger partial charge in [0.15, 0.2) is 11.5 Å². The minimum Gasteiger partial charge on any atom is -0.493 e. The fourth-order valence-electron chi connectivity index (χ4n) is 1.94. The summed E-state index contributed by atoms with van der Waals surface area (Å²) in [4.78, 5) is 11.8. The van der Waals surface area contributed by atoms with Gasteiger partial charge in [0.1, 0.15) is 6.61 Å². The molecule has 116 valence electrons. The first-order chi connectivity index (χ1) is 10.6. The van der Waals surface area contributed by atoms with Crippen molar-refractivity contribution in [2.75, 3.05) is 25.3 Å². The average Bonchev–Trinajstić information content (AvgIpc) is 2.53. The largest absolute Gasteiger partial charge is 0.493 e. The van der Waals surface area contributed by atoms with Crippen molar-refractivity contribution in [2.24, 2.45) is 0 Å². The molecule has 0 unspecified atom stereocenters. The number of hydrogen-bond acceptors (Lipinski definition) is 5. The van der Waals surface area contributed by atoms with Gasteiger partial charge in [0.25, 0.3) is 0 Å². The molecule has 0 saturated heterocycles. The summed E-state index contributed by atoms with van der Waals surface area (Å²) in [5.74, 6) is 0.853. The molecule has 3 N–H and O–H groups in total. The van der Waals surface area contributed by atoms with Gasteiger partial charge in [-0.25, -0.2) is 4.79 Å². The Morgan fingerprint density at radius 3 is 2.50 bits per heavy atom. The van der Waals surface area contributed by atoms with Crippen molar-refractivity contribution < 1.29 is 19.0 Å². The molecule has 0 aliphatic heterocycles. The third kappa shape index (κ3) is 3.82. The molecule has 0 aliphatic rings. The normalized spacial score (nSPS) is 9.91. The molecule has 0 aromatic heterocycles. The van der Waals surface area contributed by atoms with E-state index in [0.29, 0.717) is 22.9 Å². The maximum Gasteiger partial charge on any atom is 0.411 e. The van der Waals surface area contributed by atoms with Crippen LogP contribution < -0.4 is 20.5 Å². The van der Waals surface area contributed by atoms with Gasteiger partial charge < -0.3 is 19.9 Å². The van der Waals surface area contributed by atoms with Crippen LogP contribution in [-0.2, 0) is 11.3 Å². The quantitative estimate of drug-likeness (QED) is 0.829. The second kappa shape index (κ2) is 7.21. The lowest BCUT2D eigenvalue weighted by atomic mass is 10.2. The monoisotopic (exact) mass is 302 g/mol. The highest BCUT2D eigenvalue weighted by Crippen LogP contribution is 2.36. The standard InChI is InChI=1S/C16H18N2O4/c1-20-14-9-12(8-13(17)15(14)21-2)18-16(19)22-10-11-6-4-3-5-7-11/h3-9H,10,17H2,1-2H3,(H,18,19). The number of nitrogens with two attached hydrogens (primary N) is 1. The Balaban J connectivity index is 2.01. The van der Waals surface area contributed by atoms with E-state index in [1.54, 1.807) is 12.1 Å². The number of methoxy groups -OCH3 is 2. The number of amides is 1. The Morgan fingerprint density at radius 2 is 1.86 bits per heavy atom. The van der Waals surface area contributed by atoms with Crippen molar-refractivity contribution in [3.8, 4) is 11.5 Å². The average molecular weight is 302 g/mol. The first-order valence-corrected chi connectivity index (χ1v) is 6.63. The lowest BCUT2D eigenvalue weighted by Crippen LogP contribution is -2.14. The highest BCUT2D eigenvalue weighted by molar-refractivity contribution is 5.86. The van der Waals surface area contributed by atoms with Gasteiger partial charge in [-0.3, -0.25) is 5.32 Å². The molecule has 2 rings (SSSR count). The van der Waals surface area contributed by atoms with Crippen LogP contribution in [0.15, 0.2) is 42.5 Å². The highest BCUT2D eigenvalue weighted by Gasteiger charge is 2.12. The van der Waals surface area contributed by atoms with Gasteiger partial charge >= 0.3 is 6.09 Å². The second-order valence-electron chi connectivity index (χ2n) is 4.49. The van der Waals surface area contributed by atoms with E-state index in [2.05, 4.69) is 5.32 Å². The van der Waals surface area contributed by atoms with E-state index in [1.807, 2.05) is 30.3 Å². The van der Waals surface area contributed by atoms with E-state index < -0.39 is 6.09 Å². The van der Waals surface area contributed by atoms with Crippen molar-refractivity contribution >= 4 is 17.5 Å². The summed E-state index contributed by atoms with van der Waals surface area (Å²) in [7, 11) is 2.99. The predicted octanol–water partition coefficient (Wildman–Crippen LogP) is 3.03. The summed E-state index contributed by atoms with van der Waals surface area (Å²) in [6.45, 7) is 0.190. The third-order valence-electron chi connectivity index (χ3n) is 2.97. The smallest absolute Gasteiger partial charge is 0.411 e. The lowest BCUT2D eigenvalue weighted by molar-refractivity contribution is 0.155. The van der Waals surface area contributed by atoms with Crippen LogP contribution in [0.2, 0.25) is 0 Å². The summed E-state index contributed by atoms with van der Waals surface area (Å²) in [5, 5.41) is 2.60. The number of ether oxygens (including phenoxy) is 3. The molecule has 2 aromatic carbocycles. The van der Waals surface area contributed by atoms with Crippen LogP contribution in [-0.4, -0.2) is 20.3 Å². The van der Waals surface area contributed by atoms with Crippen molar-refractivity contribution in [1.82, 2.24) is 0 Å². The highest BCUT2D eigenvalue weighted by atomic mass is 16.5. The zero-order valence-electron chi connectivity index (χ0n) is 12.5. The van der Waals surface area contributed by atoms with Crippen molar-refractivity contribution in [1.29, 1.82) is 0 Å². The Bertz CT molecular complexity index is 644. The Hall–Kier alpha value is -2.89. The van der Waals surface area contributed by atoms with Crippen LogP contribution in [0.3, 0.4) is 0 Å². The molecule has 0 spiro atoms. The van der Waals surface area contributed by atoms with Crippen molar-refractivity contribution in [2.45, 2.75) is 6.61 Å². The lowest BCUT2D eigenvalue weighted by Gasteiger charge is -2.13. The maximum absolute atomic E-state index is 11.8. The number of carbonyl (C=O) groups is 1. The number of nitrogen functional groups attached to an aromatic ring is 1. The Labute approximate surface area is 128 Å². The molecular weight excluding hydrogens is 284 g/mol. The second-order valence-corrected chi connectivity index (χ2v) is 4.49. The summed E-state index contributed by atoms with van der Waals surface area (Å²) in [6.07, 6.45) is -0.574. The van der Waals surface area contributed by atoms with E-state index in [0.717, 1.165) is 5.56 Å². The van der Waals surface area contributed by atoms with E-state index in [9.17, 15) is 4.79 Å². The number of rotatable bonds is 5. The molecular formula is C16H18N2O4. The number of nitrogens with one attached hydrogen (secondary N) is 1. The van der Waals surface area contributed by atoms with Gasteiger partial charge in [0.2, 0.25) is 0 Å². The minimum absolute atomic E-state index is 0.190. The molecule has 0 bridgehead atoms. The molecule has 6 nitrogen and oxygen atoms in total. The topological polar surface area (TPSA) is 82.8 Å². The Morgan fingerprint density at radius 1 is 1.14 bits per heavy atom. The molecule has 0 atom stereocenters. The number of benzene rings is 2. The van der Waals surface area contributed by atoms with Gasteiger partial charge in [0, 0.05) is 6.07 Å². The molecule has 0 saturated carbocycles. The Kier molecular flexibility index (Phi) is 5.08. The van der Waals surface area contributed by atoms with Crippen molar-refractivity contribution in [3.63, 3.8) is 0 Å². The summed E-state index contributed by atoms with van der Waals surface area (Å²) < 4.78 is 15.4. The zero-order chi connectivity index (χ0) is 15.9. The molecule has 22 heavy (non-hydrogen) atoms. The zero-order valence-corrected chi connectivity index (χ0v) is 12.5. The van der Waals surface area contributed by atoms with Crippen LogP contribution in [0.5, 0.6) is 11.5 Å². The summed E-state index contributed by atoms with van der Waals surface area (Å²) >= 11 is 0. The van der Waals surface area contributed by atoms with E-state index in [1.165, 1.54) is 14.2 Å². The van der Waals surface area contributed by atoms with Crippen molar-refractivity contribution in [3.05, 3.63) is 48.0 Å². The molecule has 0 fully saturated rings. The fourth-order valence-corrected chi connectivity index (χ4v) is 1.94. The number of carbonyl (C=O) groups excluding carboxylic acids is 1. The first-order valence-electron chi connectivity index (χ1n) is 6.63. The van der Waals surface area contributed by atoms with E-state index >= 15 is 0 Å². The first kappa shape index (κ1) is 15.5. The molecule has 0 heterocycles. The van der Waals surface area contributed by atoms with Gasteiger partial charge in [0.05, 0.1) is 25.6 Å². The van der Waals surface area contributed by atoms with E-state index in [-0.39, 0.29) is 6.61 Å². The minimum atomic E-state index is -0.574. The van der Waals surface area contributed by atoms with Crippen LogP contribution in [0, 0.1) is 0 Å². The number of anilines is 2. The van der Waals surface area contributed by atoms with Crippen LogP contribution in [0.25, 0.3) is 0 Å². The van der Waals surface area contributed by atoms with Crippen LogP contribution in [0.4, 0.5) is 16.2 Å². The molecule has 1 amide bonds. The molecule has 6 heteroatoms. The van der Waals surface area contributed by atoms with Gasteiger partial charge in [-0.1, -0.05) is 30.3 Å². The van der Waals surface area contributed by atoms with Gasteiger partial charge in [-0.05, 0) is 11.6 Å². The number of hydrogen-bond donors (Lipinski definition) is 2. The summed E-state index contributed by atoms with van der Waals surface area (Å²) in [5.41, 5.74) is 7.59. The van der Waals surface area contributed by atoms with Gasteiger partial charge in [-0.15, -0.1) is 0 Å². The molecule has 0 radical (unpaired) electrons. The third-order valence-corrected chi connectivity index (χ3v) is 2.97. The van der Waals surface area contributed by atoms with Crippen LogP contribution >= 0.6 is 0 Å². The predicted molar refractivity (Wildman–Crippen MR) is 84.2 cm³/mol. The molecule has 2 aromatic rings. The maximum atomic E-state index is 11.8. The SMILES string of the molecule is COc1cc(NC(=O)OCc2ccccc2)cc(N)c1OC. The van der Waals surface area contributed by atoms with Crippen LogP contribution in [0.1, 0.15) is 5.56 Å². The summed E-state index contributed by atoms with van der Waals surface area (Å²) in [6, 6.07) is 12.6. The molecule has 0 aliphatic carbocycles. The van der Waals surface area contributed by atoms with E-state index in [4.69, 9.17) is 19.9 Å². The fraction of sp³-hybridized carbons (Fsp3) is 0.188.